The first-order valence-corrected chi connectivity index (χ1v) is 6.84. The molecular weight excluding hydrogens is 184 g/mol. The van der Waals surface area contributed by atoms with Crippen molar-refractivity contribution in [3.05, 3.63) is 0 Å². The first-order valence-electron chi connectivity index (χ1n) is 6.84. The molecule has 0 spiro atoms. The van der Waals surface area contributed by atoms with Crippen LogP contribution < -0.4 is 5.73 Å². The largest absolute Gasteiger partial charge is 0.330 e. The van der Waals surface area contributed by atoms with Gasteiger partial charge in [-0.05, 0) is 51.1 Å². The highest BCUT2D eigenvalue weighted by Crippen LogP contribution is 2.29. The maximum absolute atomic E-state index is 5.57. The minimum absolute atomic E-state index is 0.875. The molecule has 0 aromatic heterocycles. The Morgan fingerprint density at radius 3 is 2.60 bits per heavy atom. The Morgan fingerprint density at radius 1 is 1.07 bits per heavy atom. The van der Waals surface area contributed by atoms with Crippen molar-refractivity contribution in [2.24, 2.45) is 11.7 Å². The summed E-state index contributed by atoms with van der Waals surface area (Å²) in [5, 5.41) is 0. The predicted molar refractivity (Wildman–Crippen MR) is 64.8 cm³/mol. The second-order valence-corrected chi connectivity index (χ2v) is 5.37. The van der Waals surface area contributed by atoms with Crippen molar-refractivity contribution in [2.75, 3.05) is 19.6 Å². The van der Waals surface area contributed by atoms with E-state index >= 15 is 0 Å². The molecule has 0 aromatic carbocycles. The van der Waals surface area contributed by atoms with Crippen LogP contribution in [0.3, 0.4) is 0 Å². The van der Waals surface area contributed by atoms with Crippen LogP contribution in [-0.2, 0) is 0 Å². The number of nitrogens with two attached hydrogens (primary N) is 1. The van der Waals surface area contributed by atoms with Gasteiger partial charge in [0.25, 0.3) is 0 Å². The third-order valence-corrected chi connectivity index (χ3v) is 4.22. The molecule has 2 aliphatic rings. The molecule has 0 amide bonds. The third-order valence-electron chi connectivity index (χ3n) is 4.22. The molecular formula is C13H26N2. The van der Waals surface area contributed by atoms with Gasteiger partial charge in [-0.2, -0.15) is 0 Å². The van der Waals surface area contributed by atoms with Crippen LogP contribution in [0.1, 0.15) is 51.4 Å². The lowest BCUT2D eigenvalue weighted by molar-refractivity contribution is 0.184. The second-order valence-electron chi connectivity index (χ2n) is 5.37. The monoisotopic (exact) mass is 210 g/mol. The molecule has 1 aliphatic carbocycles. The van der Waals surface area contributed by atoms with Crippen LogP contribution in [0.5, 0.6) is 0 Å². The molecule has 1 heterocycles. The van der Waals surface area contributed by atoms with Crippen molar-refractivity contribution in [3.8, 4) is 0 Å². The molecule has 1 aliphatic heterocycles. The smallest absolute Gasteiger partial charge is 0.00953 e. The molecule has 0 aromatic rings. The third kappa shape index (κ3) is 3.18. The number of rotatable bonds is 4. The highest BCUT2D eigenvalue weighted by atomic mass is 15.2. The normalized spacial score (nSPS) is 29.8. The Balaban J connectivity index is 1.71. The van der Waals surface area contributed by atoms with Crippen LogP contribution in [0.2, 0.25) is 0 Å². The van der Waals surface area contributed by atoms with E-state index in [9.17, 15) is 0 Å². The van der Waals surface area contributed by atoms with Crippen molar-refractivity contribution in [3.63, 3.8) is 0 Å². The zero-order valence-electron chi connectivity index (χ0n) is 9.96. The summed E-state index contributed by atoms with van der Waals surface area (Å²) in [4.78, 5) is 2.76. The molecule has 88 valence electrons. The van der Waals surface area contributed by atoms with E-state index in [2.05, 4.69) is 4.90 Å². The summed E-state index contributed by atoms with van der Waals surface area (Å²) >= 11 is 0. The highest BCUT2D eigenvalue weighted by molar-refractivity contribution is 4.83. The maximum Gasteiger partial charge on any atom is 0.00953 e. The fraction of sp³-hybridized carbons (Fsp3) is 1.00. The van der Waals surface area contributed by atoms with Gasteiger partial charge in [-0.15, -0.1) is 0 Å². The van der Waals surface area contributed by atoms with Crippen LogP contribution in [0.25, 0.3) is 0 Å². The molecule has 1 saturated carbocycles. The molecule has 0 bridgehead atoms. The minimum Gasteiger partial charge on any atom is -0.330 e. The molecule has 15 heavy (non-hydrogen) atoms. The average Bonchev–Trinajstić information content (AvgIpc) is 2.76. The summed E-state index contributed by atoms with van der Waals surface area (Å²) in [6.45, 7) is 3.60. The van der Waals surface area contributed by atoms with Crippen LogP contribution in [0, 0.1) is 5.92 Å². The lowest BCUT2D eigenvalue weighted by Gasteiger charge is -2.31. The molecule has 0 radical (unpaired) electrons. The molecule has 2 N–H and O–H groups in total. The van der Waals surface area contributed by atoms with Gasteiger partial charge in [0.15, 0.2) is 0 Å². The van der Waals surface area contributed by atoms with E-state index in [-0.39, 0.29) is 0 Å². The van der Waals surface area contributed by atoms with Crippen LogP contribution in [-0.4, -0.2) is 30.6 Å². The number of hydrogen-bond donors (Lipinski definition) is 1. The fourth-order valence-corrected chi connectivity index (χ4v) is 3.28. The van der Waals surface area contributed by atoms with Crippen molar-refractivity contribution in [2.45, 2.75) is 57.4 Å². The Hall–Kier alpha value is -0.0800. The summed E-state index contributed by atoms with van der Waals surface area (Å²) in [5.41, 5.74) is 5.57. The second kappa shape index (κ2) is 5.86. The summed E-state index contributed by atoms with van der Waals surface area (Å²) < 4.78 is 0. The first kappa shape index (κ1) is 11.4. The number of nitrogens with zero attached hydrogens (tertiary/aromatic N) is 1. The Labute approximate surface area is 94.2 Å². The van der Waals surface area contributed by atoms with E-state index in [1.807, 2.05) is 0 Å². The lowest BCUT2D eigenvalue weighted by atomic mass is 9.94. The first-order chi connectivity index (χ1) is 7.40. The number of hydrogen-bond acceptors (Lipinski definition) is 2. The highest BCUT2D eigenvalue weighted by Gasteiger charge is 2.28. The summed E-state index contributed by atoms with van der Waals surface area (Å²) in [7, 11) is 0. The summed E-state index contributed by atoms with van der Waals surface area (Å²) in [6.07, 6.45) is 11.3. The summed E-state index contributed by atoms with van der Waals surface area (Å²) in [6, 6.07) is 0.932. The van der Waals surface area contributed by atoms with Crippen molar-refractivity contribution < 1.29 is 0 Å². The molecule has 2 nitrogen and oxygen atoms in total. The van der Waals surface area contributed by atoms with E-state index < -0.39 is 0 Å². The predicted octanol–water partition coefficient (Wildman–Crippen LogP) is 2.38. The lowest BCUT2D eigenvalue weighted by Crippen LogP contribution is -2.34. The van der Waals surface area contributed by atoms with Gasteiger partial charge in [-0.1, -0.05) is 19.3 Å². The zero-order valence-corrected chi connectivity index (χ0v) is 9.96. The van der Waals surface area contributed by atoms with Crippen LogP contribution in [0.4, 0.5) is 0 Å². The zero-order chi connectivity index (χ0) is 10.5. The summed E-state index contributed by atoms with van der Waals surface area (Å²) in [5.74, 6) is 0.954. The van der Waals surface area contributed by atoms with E-state index in [4.69, 9.17) is 5.73 Å². The average molecular weight is 210 g/mol. The molecule has 2 fully saturated rings. The quantitative estimate of drug-likeness (QED) is 0.772. The SMILES string of the molecule is NCCCC1CCN(C2CCCCC2)C1. The van der Waals surface area contributed by atoms with E-state index in [0.717, 1.165) is 18.5 Å². The molecule has 2 rings (SSSR count). The van der Waals surface area contributed by atoms with Gasteiger partial charge in [-0.25, -0.2) is 0 Å². The van der Waals surface area contributed by atoms with Gasteiger partial charge in [0, 0.05) is 12.6 Å². The fourth-order valence-electron chi connectivity index (χ4n) is 3.28. The van der Waals surface area contributed by atoms with E-state index in [1.54, 1.807) is 0 Å². The molecule has 1 atom stereocenters. The Bertz CT molecular complexity index is 175. The van der Waals surface area contributed by atoms with Gasteiger partial charge in [-0.3, -0.25) is 0 Å². The van der Waals surface area contributed by atoms with Crippen molar-refractivity contribution in [1.82, 2.24) is 4.90 Å². The topological polar surface area (TPSA) is 29.3 Å². The van der Waals surface area contributed by atoms with Crippen molar-refractivity contribution in [1.29, 1.82) is 0 Å². The standard InChI is InChI=1S/C13H26N2/c14-9-4-5-12-8-10-15(11-12)13-6-2-1-3-7-13/h12-13H,1-11,14H2. The Morgan fingerprint density at radius 2 is 1.87 bits per heavy atom. The van der Waals surface area contributed by atoms with Gasteiger partial charge >= 0.3 is 0 Å². The Kier molecular flexibility index (Phi) is 4.45. The van der Waals surface area contributed by atoms with Gasteiger partial charge < -0.3 is 10.6 Å². The van der Waals surface area contributed by atoms with Crippen LogP contribution in [0.15, 0.2) is 0 Å². The van der Waals surface area contributed by atoms with Gasteiger partial charge in [0.05, 0.1) is 0 Å². The van der Waals surface area contributed by atoms with Crippen LogP contribution >= 0.6 is 0 Å². The van der Waals surface area contributed by atoms with Gasteiger partial charge in [0.1, 0.15) is 0 Å². The molecule has 2 heteroatoms. The van der Waals surface area contributed by atoms with E-state index in [0.29, 0.717) is 0 Å². The molecule has 1 unspecified atom stereocenters. The maximum atomic E-state index is 5.57. The van der Waals surface area contributed by atoms with Gasteiger partial charge in [0.2, 0.25) is 0 Å². The van der Waals surface area contributed by atoms with Crippen molar-refractivity contribution >= 4 is 0 Å². The molecule has 1 saturated heterocycles. The number of likely N-dealkylation sites (tertiary alicyclic amines) is 1. The van der Waals surface area contributed by atoms with E-state index in [1.165, 1.54) is 64.5 Å². The minimum atomic E-state index is 0.875.